The molecule has 0 bridgehead atoms. The van der Waals surface area contributed by atoms with Crippen LogP contribution < -0.4 is 5.32 Å². The maximum absolute atomic E-state index is 12.0. The summed E-state index contributed by atoms with van der Waals surface area (Å²) in [4.78, 5) is 42.0. The number of amides is 4. The van der Waals surface area contributed by atoms with Gasteiger partial charge in [0.1, 0.15) is 5.57 Å². The second-order valence-electron chi connectivity index (χ2n) is 5.93. The van der Waals surface area contributed by atoms with Gasteiger partial charge in [0.15, 0.2) is 0 Å². The van der Waals surface area contributed by atoms with E-state index in [0.29, 0.717) is 13.1 Å². The molecule has 0 aromatic carbocycles. The molecule has 0 saturated carbocycles. The van der Waals surface area contributed by atoms with Crippen molar-refractivity contribution >= 4 is 17.8 Å². The lowest BCUT2D eigenvalue weighted by molar-refractivity contribution is -0.134. The minimum absolute atomic E-state index is 0.0348. The van der Waals surface area contributed by atoms with E-state index in [1.165, 1.54) is 20.3 Å². The van der Waals surface area contributed by atoms with Crippen LogP contribution >= 0.6 is 0 Å². The fourth-order valence-corrected chi connectivity index (χ4v) is 2.75. The highest BCUT2D eigenvalue weighted by molar-refractivity contribution is 6.28. The molecule has 24 heavy (non-hydrogen) atoms. The van der Waals surface area contributed by atoms with Gasteiger partial charge < -0.3 is 10.4 Å². The highest BCUT2D eigenvalue weighted by Gasteiger charge is 2.37. The summed E-state index contributed by atoms with van der Waals surface area (Å²) in [6, 6.07) is -0.622. The van der Waals surface area contributed by atoms with Gasteiger partial charge in [0, 0.05) is 66.1 Å². The van der Waals surface area contributed by atoms with Crippen LogP contribution in [0.15, 0.2) is 11.8 Å². The third-order valence-corrected chi connectivity index (χ3v) is 4.34. The molecule has 0 aromatic heterocycles. The lowest BCUT2D eigenvalue weighted by Gasteiger charge is -2.34. The Morgan fingerprint density at radius 1 is 0.958 bits per heavy atom. The van der Waals surface area contributed by atoms with Crippen molar-refractivity contribution < 1.29 is 19.5 Å². The first-order valence-corrected chi connectivity index (χ1v) is 8.05. The second-order valence-corrected chi connectivity index (χ2v) is 5.93. The summed E-state index contributed by atoms with van der Waals surface area (Å²) in [7, 11) is 2.71. The molecule has 0 aromatic rings. The fourth-order valence-electron chi connectivity index (χ4n) is 2.75. The van der Waals surface area contributed by atoms with Crippen LogP contribution in [-0.4, -0.2) is 109 Å². The number of carbonyl (C=O) groups is 3. The number of barbiturate groups is 1. The van der Waals surface area contributed by atoms with E-state index in [1.54, 1.807) is 0 Å². The van der Waals surface area contributed by atoms with Crippen LogP contribution in [0.3, 0.4) is 0 Å². The van der Waals surface area contributed by atoms with E-state index in [0.717, 1.165) is 42.5 Å². The average Bonchev–Trinajstić information content (AvgIpc) is 2.59. The zero-order chi connectivity index (χ0) is 17.7. The van der Waals surface area contributed by atoms with Gasteiger partial charge in [-0.1, -0.05) is 0 Å². The van der Waals surface area contributed by atoms with Crippen LogP contribution in [0, 0.1) is 0 Å². The molecule has 2 saturated heterocycles. The predicted octanol–water partition coefficient (Wildman–Crippen LogP) is -1.88. The van der Waals surface area contributed by atoms with Gasteiger partial charge in [0.2, 0.25) is 0 Å². The number of likely N-dealkylation sites (N-methyl/N-ethyl adjacent to an activating group) is 2. The van der Waals surface area contributed by atoms with Crippen LogP contribution in [0.4, 0.5) is 4.79 Å². The number of piperazine rings is 1. The first-order valence-electron chi connectivity index (χ1n) is 8.05. The molecule has 0 unspecified atom stereocenters. The standard InChI is InChI=1S/C15H25N5O4/c1-17-13(22)12(14(23)18(2)15(17)24)11-16-3-4-19-5-7-20(8-6-19)9-10-21/h11,16,21H,3-10H2,1-2H3. The number of hydrogen-bond acceptors (Lipinski definition) is 7. The molecule has 0 aliphatic carbocycles. The first kappa shape index (κ1) is 18.4. The summed E-state index contributed by atoms with van der Waals surface area (Å²) in [6.07, 6.45) is 1.39. The Kier molecular flexibility index (Phi) is 6.29. The Morgan fingerprint density at radius 3 is 1.96 bits per heavy atom. The highest BCUT2D eigenvalue weighted by atomic mass is 16.3. The number of nitrogens with zero attached hydrogens (tertiary/aromatic N) is 4. The number of rotatable bonds is 6. The van der Waals surface area contributed by atoms with E-state index in [-0.39, 0.29) is 12.2 Å². The second kappa shape index (κ2) is 8.22. The van der Waals surface area contributed by atoms with Gasteiger partial charge in [-0.2, -0.15) is 0 Å². The van der Waals surface area contributed by atoms with Gasteiger partial charge in [0.05, 0.1) is 6.61 Å². The SMILES string of the molecule is CN1C(=O)C(=CNCCN2CCN(CCO)CC2)C(=O)N(C)C1=O. The van der Waals surface area contributed by atoms with E-state index >= 15 is 0 Å². The normalized spacial score (nSPS) is 20.8. The Hall–Kier alpha value is -1.97. The summed E-state index contributed by atoms with van der Waals surface area (Å²) in [5.74, 6) is -1.18. The van der Waals surface area contributed by atoms with Crippen molar-refractivity contribution in [2.45, 2.75) is 0 Å². The van der Waals surface area contributed by atoms with Gasteiger partial charge in [-0.05, 0) is 0 Å². The maximum atomic E-state index is 12.0. The van der Waals surface area contributed by atoms with Crippen LogP contribution in [0.25, 0.3) is 0 Å². The number of imide groups is 2. The van der Waals surface area contributed by atoms with E-state index in [9.17, 15) is 14.4 Å². The Balaban J connectivity index is 1.79. The molecule has 2 fully saturated rings. The van der Waals surface area contributed by atoms with Crippen molar-refractivity contribution in [2.24, 2.45) is 0 Å². The van der Waals surface area contributed by atoms with Gasteiger partial charge in [-0.25, -0.2) is 4.79 Å². The lowest BCUT2D eigenvalue weighted by atomic mass is 10.2. The van der Waals surface area contributed by atoms with Gasteiger partial charge in [0.25, 0.3) is 11.8 Å². The van der Waals surface area contributed by atoms with Crippen LogP contribution in [0.1, 0.15) is 0 Å². The maximum Gasteiger partial charge on any atom is 0.333 e. The van der Waals surface area contributed by atoms with Crippen molar-refractivity contribution in [3.63, 3.8) is 0 Å². The highest BCUT2D eigenvalue weighted by Crippen LogP contribution is 2.13. The predicted molar refractivity (Wildman–Crippen MR) is 87.0 cm³/mol. The number of urea groups is 1. The minimum atomic E-state index is -0.622. The number of hydrogen-bond donors (Lipinski definition) is 2. The zero-order valence-corrected chi connectivity index (χ0v) is 14.2. The number of nitrogens with one attached hydrogen (secondary N) is 1. The molecular weight excluding hydrogens is 314 g/mol. The number of β-amino-alcohol motifs (C(OH)–C–C–N with tert-alkyl or cyclic N) is 1. The smallest absolute Gasteiger partial charge is 0.333 e. The Morgan fingerprint density at radius 2 is 1.46 bits per heavy atom. The molecule has 2 aliphatic rings. The molecule has 2 rings (SSSR count). The molecule has 0 radical (unpaired) electrons. The van der Waals surface area contributed by atoms with Crippen LogP contribution in [-0.2, 0) is 9.59 Å². The molecule has 9 nitrogen and oxygen atoms in total. The largest absolute Gasteiger partial charge is 0.395 e. The summed E-state index contributed by atoms with van der Waals surface area (Å²) >= 11 is 0. The Bertz CT molecular complexity index is 502. The molecule has 4 amide bonds. The van der Waals surface area contributed by atoms with Crippen LogP contribution in [0.5, 0.6) is 0 Å². The average molecular weight is 339 g/mol. The molecule has 2 heterocycles. The van der Waals surface area contributed by atoms with Crippen molar-refractivity contribution in [3.05, 3.63) is 11.8 Å². The summed E-state index contributed by atoms with van der Waals surface area (Å²) in [5.41, 5.74) is -0.0348. The summed E-state index contributed by atoms with van der Waals surface area (Å²) < 4.78 is 0. The summed E-state index contributed by atoms with van der Waals surface area (Å²) in [6.45, 7) is 6.00. The molecule has 9 heteroatoms. The number of aliphatic hydroxyl groups is 1. The summed E-state index contributed by atoms with van der Waals surface area (Å²) in [5, 5.41) is 11.9. The third-order valence-electron chi connectivity index (χ3n) is 4.34. The molecule has 0 spiro atoms. The molecule has 2 aliphatic heterocycles. The quantitative estimate of drug-likeness (QED) is 0.332. The van der Waals surface area contributed by atoms with Gasteiger partial charge >= 0.3 is 6.03 Å². The topological polar surface area (TPSA) is 96.4 Å². The Labute approximate surface area is 141 Å². The molecule has 134 valence electrons. The van der Waals surface area contributed by atoms with E-state index < -0.39 is 17.8 Å². The lowest BCUT2D eigenvalue weighted by Crippen LogP contribution is -2.53. The first-order chi connectivity index (χ1) is 11.5. The van der Waals surface area contributed by atoms with Crippen molar-refractivity contribution in [1.82, 2.24) is 24.9 Å². The minimum Gasteiger partial charge on any atom is -0.395 e. The van der Waals surface area contributed by atoms with Gasteiger partial charge in [-0.15, -0.1) is 0 Å². The fraction of sp³-hybridized carbons (Fsp3) is 0.667. The van der Waals surface area contributed by atoms with E-state index in [4.69, 9.17) is 5.11 Å². The van der Waals surface area contributed by atoms with Crippen LogP contribution in [0.2, 0.25) is 0 Å². The molecule has 2 N–H and O–H groups in total. The molecular formula is C15H25N5O4. The zero-order valence-electron chi connectivity index (χ0n) is 14.2. The van der Waals surface area contributed by atoms with Crippen molar-refractivity contribution in [2.75, 3.05) is 66.5 Å². The molecule has 0 atom stereocenters. The van der Waals surface area contributed by atoms with Gasteiger partial charge in [-0.3, -0.25) is 29.2 Å². The number of aliphatic hydroxyl groups excluding tert-OH is 1. The van der Waals surface area contributed by atoms with E-state index in [1.807, 2.05) is 0 Å². The van der Waals surface area contributed by atoms with Crippen molar-refractivity contribution in [1.29, 1.82) is 0 Å². The van der Waals surface area contributed by atoms with E-state index in [2.05, 4.69) is 15.1 Å². The number of carbonyl (C=O) groups excluding carboxylic acids is 3. The monoisotopic (exact) mass is 339 g/mol. The third kappa shape index (κ3) is 4.11. The van der Waals surface area contributed by atoms with Crippen molar-refractivity contribution in [3.8, 4) is 0 Å².